The molecule has 0 bridgehead atoms. The Hall–Kier alpha value is -7.72. The number of fused-ring (bicyclic) bond motifs is 10. The third-order valence-corrected chi connectivity index (χ3v) is 13.3. The van der Waals surface area contributed by atoms with Gasteiger partial charge in [-0.05, 0) is 93.0 Å². The van der Waals surface area contributed by atoms with E-state index in [1.807, 2.05) is 11.3 Å². The molecule has 0 amide bonds. The van der Waals surface area contributed by atoms with Gasteiger partial charge in [0.1, 0.15) is 11.5 Å². The van der Waals surface area contributed by atoms with Crippen LogP contribution < -0.4 is 9.64 Å². The first-order chi connectivity index (χ1) is 30.2. The van der Waals surface area contributed by atoms with E-state index in [0.29, 0.717) is 0 Å². The molecule has 0 saturated carbocycles. The van der Waals surface area contributed by atoms with E-state index in [1.165, 1.54) is 42.4 Å². The fourth-order valence-electron chi connectivity index (χ4n) is 9.15. The molecule has 1 aliphatic rings. The highest BCUT2D eigenvalue weighted by atomic mass is 32.1. The van der Waals surface area contributed by atoms with Gasteiger partial charge in [-0.25, -0.2) is 0 Å². The van der Waals surface area contributed by atoms with Crippen molar-refractivity contribution in [3.05, 3.63) is 224 Å². The van der Waals surface area contributed by atoms with E-state index in [4.69, 9.17) is 4.74 Å². The molecule has 1 aromatic heterocycles. The third kappa shape index (κ3) is 6.01. The molecular weight excluding hydrogens is 759 g/mol. The normalized spacial score (nSPS) is 11.7. The largest absolute Gasteiger partial charge is 0.455 e. The number of hydrogen-bond donors (Lipinski definition) is 0. The van der Waals surface area contributed by atoms with Crippen LogP contribution in [0.5, 0.6) is 11.5 Å². The van der Waals surface area contributed by atoms with E-state index in [0.717, 1.165) is 72.7 Å². The van der Waals surface area contributed by atoms with E-state index >= 15 is 0 Å². The highest BCUT2D eigenvalue weighted by Gasteiger charge is 2.27. The van der Waals surface area contributed by atoms with Crippen LogP contribution in [0.15, 0.2) is 224 Å². The Morgan fingerprint density at radius 1 is 0.328 bits per heavy atom. The SMILES string of the molecule is c1ccc(-c2ccc(N(c3ccc(-c4cccc5c4sc4ccccc45)cc3)c3cc4c(c5ccccc35)Oc3cc(-c5ccccc5)ccc3-c3ccccc3-4)cc2)cc1. The summed E-state index contributed by atoms with van der Waals surface area (Å²) >= 11 is 1.87. The van der Waals surface area contributed by atoms with Gasteiger partial charge in [-0.15, -0.1) is 11.3 Å². The second-order valence-corrected chi connectivity index (χ2v) is 16.7. The predicted molar refractivity (Wildman–Crippen MR) is 259 cm³/mol. The molecule has 12 rings (SSSR count). The minimum absolute atomic E-state index is 0.850. The van der Waals surface area contributed by atoms with E-state index in [1.54, 1.807) is 0 Å². The van der Waals surface area contributed by atoms with Crippen LogP contribution in [0.25, 0.3) is 86.6 Å². The first-order valence-electron chi connectivity index (χ1n) is 20.7. The summed E-state index contributed by atoms with van der Waals surface area (Å²) in [6.45, 7) is 0. The number of benzene rings is 10. The molecule has 10 aromatic carbocycles. The van der Waals surface area contributed by atoms with Crippen LogP contribution in [-0.4, -0.2) is 0 Å². The first-order valence-corrected chi connectivity index (χ1v) is 21.6. The molecule has 0 unspecified atom stereocenters. The van der Waals surface area contributed by atoms with Crippen molar-refractivity contribution >= 4 is 59.3 Å². The molecular formula is C58H37NOS. The molecule has 11 aromatic rings. The lowest BCUT2D eigenvalue weighted by Gasteiger charge is -2.29. The highest BCUT2D eigenvalue weighted by molar-refractivity contribution is 7.26. The molecule has 0 N–H and O–H groups in total. The Bertz CT molecular complexity index is 3420. The van der Waals surface area contributed by atoms with Crippen molar-refractivity contribution in [2.75, 3.05) is 4.90 Å². The van der Waals surface area contributed by atoms with Crippen LogP contribution in [0.1, 0.15) is 0 Å². The van der Waals surface area contributed by atoms with Gasteiger partial charge in [0.05, 0.1) is 5.69 Å². The summed E-state index contributed by atoms with van der Waals surface area (Å²) < 4.78 is 9.80. The number of nitrogens with zero attached hydrogens (tertiary/aromatic N) is 1. The van der Waals surface area contributed by atoms with Gasteiger partial charge in [-0.3, -0.25) is 0 Å². The minimum atomic E-state index is 0.850. The molecule has 0 spiro atoms. The maximum absolute atomic E-state index is 7.18. The summed E-state index contributed by atoms with van der Waals surface area (Å²) in [5.74, 6) is 1.71. The maximum Gasteiger partial charge on any atom is 0.143 e. The van der Waals surface area contributed by atoms with Gasteiger partial charge < -0.3 is 9.64 Å². The van der Waals surface area contributed by atoms with Crippen molar-refractivity contribution in [2.24, 2.45) is 0 Å². The standard InChI is InChI=1S/C58H37NOS/c1-3-14-38(15-4-1)40-26-31-43(32-27-40)59(44-33-28-41(29-34-44)45-23-13-24-52-50-21-11-12-25-56(50)61-58(45)52)54-37-53-47-19-8-7-18-46(47)49-35-30-42(39-16-5-2-6-17-39)36-55(49)60-57(53)51-22-10-9-20-48(51)54/h1-37H. The average molecular weight is 796 g/mol. The zero-order chi connectivity index (χ0) is 40.3. The van der Waals surface area contributed by atoms with E-state index in [2.05, 4.69) is 229 Å². The molecule has 2 nitrogen and oxygen atoms in total. The number of hydrogen-bond acceptors (Lipinski definition) is 3. The van der Waals surface area contributed by atoms with Crippen LogP contribution in [0, 0.1) is 0 Å². The fraction of sp³-hybridized carbons (Fsp3) is 0. The number of rotatable bonds is 6. The Labute approximate surface area is 358 Å². The molecule has 61 heavy (non-hydrogen) atoms. The summed E-state index contributed by atoms with van der Waals surface area (Å²) in [4.78, 5) is 2.41. The Kier molecular flexibility index (Phi) is 8.39. The summed E-state index contributed by atoms with van der Waals surface area (Å²) in [5.41, 5.74) is 14.8. The topological polar surface area (TPSA) is 12.5 Å². The van der Waals surface area contributed by atoms with E-state index < -0.39 is 0 Å². The Morgan fingerprint density at radius 2 is 0.852 bits per heavy atom. The molecule has 286 valence electrons. The molecule has 0 fully saturated rings. The molecule has 1 aliphatic heterocycles. The zero-order valence-corrected chi connectivity index (χ0v) is 33.9. The van der Waals surface area contributed by atoms with Gasteiger partial charge in [0, 0.05) is 53.4 Å². The predicted octanol–water partition coefficient (Wildman–Crippen LogP) is 17.1. The quantitative estimate of drug-likeness (QED) is 0.166. The number of ether oxygens (including phenoxy) is 1. The third-order valence-electron chi connectivity index (χ3n) is 12.1. The first kappa shape index (κ1) is 35.2. The van der Waals surface area contributed by atoms with Crippen molar-refractivity contribution in [1.29, 1.82) is 0 Å². The van der Waals surface area contributed by atoms with Gasteiger partial charge in [-0.1, -0.05) is 176 Å². The van der Waals surface area contributed by atoms with Gasteiger partial charge >= 0.3 is 0 Å². The van der Waals surface area contributed by atoms with Crippen LogP contribution in [0.3, 0.4) is 0 Å². The second kappa shape index (κ2) is 14.5. The molecule has 0 aliphatic carbocycles. The summed E-state index contributed by atoms with van der Waals surface area (Å²) in [6, 6.07) is 81.0. The molecule has 3 heteroatoms. The fourth-order valence-corrected chi connectivity index (χ4v) is 10.4. The van der Waals surface area contributed by atoms with Crippen LogP contribution >= 0.6 is 11.3 Å². The van der Waals surface area contributed by atoms with Crippen LogP contribution in [0.4, 0.5) is 17.1 Å². The molecule has 0 radical (unpaired) electrons. The van der Waals surface area contributed by atoms with Gasteiger partial charge in [0.15, 0.2) is 0 Å². The Balaban J connectivity index is 1.05. The maximum atomic E-state index is 7.18. The Morgan fingerprint density at radius 3 is 1.57 bits per heavy atom. The summed E-state index contributed by atoms with van der Waals surface area (Å²) in [6.07, 6.45) is 0. The lowest BCUT2D eigenvalue weighted by molar-refractivity contribution is 0.493. The van der Waals surface area contributed by atoms with Crippen molar-refractivity contribution in [2.45, 2.75) is 0 Å². The van der Waals surface area contributed by atoms with Crippen molar-refractivity contribution < 1.29 is 4.74 Å². The van der Waals surface area contributed by atoms with E-state index in [-0.39, 0.29) is 0 Å². The minimum Gasteiger partial charge on any atom is -0.455 e. The second-order valence-electron chi connectivity index (χ2n) is 15.6. The smallest absolute Gasteiger partial charge is 0.143 e. The lowest BCUT2D eigenvalue weighted by Crippen LogP contribution is -2.11. The summed E-state index contributed by atoms with van der Waals surface area (Å²) in [7, 11) is 0. The van der Waals surface area contributed by atoms with Crippen LogP contribution in [0.2, 0.25) is 0 Å². The van der Waals surface area contributed by atoms with Crippen molar-refractivity contribution in [3.8, 4) is 67.1 Å². The van der Waals surface area contributed by atoms with E-state index in [9.17, 15) is 0 Å². The van der Waals surface area contributed by atoms with Crippen molar-refractivity contribution in [3.63, 3.8) is 0 Å². The van der Waals surface area contributed by atoms with Crippen molar-refractivity contribution in [1.82, 2.24) is 0 Å². The number of anilines is 3. The highest BCUT2D eigenvalue weighted by Crippen LogP contribution is 2.53. The summed E-state index contributed by atoms with van der Waals surface area (Å²) in [5, 5.41) is 4.78. The number of thiophene rings is 1. The molecule has 0 atom stereocenters. The van der Waals surface area contributed by atoms with Gasteiger partial charge in [0.2, 0.25) is 0 Å². The molecule has 0 saturated heterocycles. The average Bonchev–Trinajstić information content (AvgIpc) is 3.66. The van der Waals surface area contributed by atoms with Crippen LogP contribution in [-0.2, 0) is 0 Å². The monoisotopic (exact) mass is 795 g/mol. The zero-order valence-electron chi connectivity index (χ0n) is 33.1. The van der Waals surface area contributed by atoms with Gasteiger partial charge in [0.25, 0.3) is 0 Å². The van der Waals surface area contributed by atoms with Gasteiger partial charge in [-0.2, -0.15) is 0 Å². The molecule has 2 heterocycles. The lowest BCUT2D eigenvalue weighted by atomic mass is 9.91.